The largest absolute Gasteiger partial charge is 0.480 e. The Labute approximate surface area is 219 Å². The van der Waals surface area contributed by atoms with E-state index in [2.05, 4.69) is 30.5 Å². The van der Waals surface area contributed by atoms with Crippen molar-refractivity contribution >= 4 is 30.0 Å². The molecule has 0 bridgehead atoms. The van der Waals surface area contributed by atoms with Gasteiger partial charge in [0, 0.05) is 44.8 Å². The average molecular weight is 517 g/mol. The first kappa shape index (κ1) is 26.3. The van der Waals surface area contributed by atoms with Crippen molar-refractivity contribution in [3.63, 3.8) is 0 Å². The second-order valence-electron chi connectivity index (χ2n) is 8.76. The molecule has 12 nitrogen and oxygen atoms in total. The van der Waals surface area contributed by atoms with Gasteiger partial charge in [-0.1, -0.05) is 24.3 Å². The molecule has 0 saturated carbocycles. The summed E-state index contributed by atoms with van der Waals surface area (Å²) in [4.78, 5) is 39.7. The lowest BCUT2D eigenvalue weighted by Crippen LogP contribution is -2.45. The molecule has 0 radical (unpaired) electrons. The highest BCUT2D eigenvalue weighted by Crippen LogP contribution is 2.20. The molecule has 1 saturated heterocycles. The standard InChI is InChI=1S/C26H28N8O4/c1-38-26-31-24(28-21-4-2-3-20(13-21)16-33-9-11-34(17-35)12-10-33)30-25(32-26)29-22(23(36)37)14-18-5-7-19(15-27)8-6-18/h2-8,13,17,22H,9-12,14,16H2,1H3,(H,36,37)(H2,28,29,30,31,32). The van der Waals surface area contributed by atoms with E-state index in [-0.39, 0.29) is 24.3 Å². The summed E-state index contributed by atoms with van der Waals surface area (Å²) in [6.45, 7) is 3.78. The number of rotatable bonds is 11. The molecule has 1 aromatic heterocycles. The van der Waals surface area contributed by atoms with E-state index in [1.54, 1.807) is 29.2 Å². The van der Waals surface area contributed by atoms with Crippen molar-refractivity contribution in [2.45, 2.75) is 19.0 Å². The van der Waals surface area contributed by atoms with Crippen molar-refractivity contribution in [3.8, 4) is 12.1 Å². The topological polar surface area (TPSA) is 157 Å². The minimum atomic E-state index is -1.08. The van der Waals surface area contributed by atoms with Crippen LogP contribution in [0.25, 0.3) is 0 Å². The van der Waals surface area contributed by atoms with Crippen LogP contribution >= 0.6 is 0 Å². The Morgan fingerprint density at radius 3 is 2.50 bits per heavy atom. The number of carboxylic acid groups (broad SMARTS) is 1. The van der Waals surface area contributed by atoms with E-state index in [1.165, 1.54) is 7.11 Å². The number of nitrogens with zero attached hydrogens (tertiary/aromatic N) is 6. The molecule has 2 aromatic carbocycles. The molecule has 2 heterocycles. The highest BCUT2D eigenvalue weighted by molar-refractivity contribution is 5.77. The molecule has 3 N–H and O–H groups in total. The predicted octanol–water partition coefficient (Wildman–Crippen LogP) is 1.88. The Morgan fingerprint density at radius 1 is 1.11 bits per heavy atom. The van der Waals surface area contributed by atoms with Crippen LogP contribution in [0.5, 0.6) is 6.01 Å². The first-order chi connectivity index (χ1) is 18.4. The molecule has 4 rings (SSSR count). The summed E-state index contributed by atoms with van der Waals surface area (Å²) in [6.07, 6.45) is 1.04. The zero-order valence-corrected chi connectivity index (χ0v) is 20.9. The van der Waals surface area contributed by atoms with Gasteiger partial charge in [0.1, 0.15) is 6.04 Å². The van der Waals surface area contributed by atoms with Crippen molar-refractivity contribution in [1.82, 2.24) is 24.8 Å². The number of carbonyl (C=O) groups is 2. The number of amides is 1. The molecule has 3 aromatic rings. The van der Waals surface area contributed by atoms with Crippen LogP contribution in [-0.2, 0) is 22.6 Å². The summed E-state index contributed by atoms with van der Waals surface area (Å²) < 4.78 is 5.21. The highest BCUT2D eigenvalue weighted by atomic mass is 16.5. The molecule has 1 atom stereocenters. The van der Waals surface area contributed by atoms with Crippen molar-refractivity contribution < 1.29 is 19.4 Å². The number of ether oxygens (including phenoxy) is 1. The second-order valence-corrected chi connectivity index (χ2v) is 8.76. The number of carbonyl (C=O) groups excluding carboxylic acids is 1. The zero-order valence-electron chi connectivity index (χ0n) is 20.9. The summed E-state index contributed by atoms with van der Waals surface area (Å²) >= 11 is 0. The fraction of sp³-hybridized carbons (Fsp3) is 0.308. The first-order valence-electron chi connectivity index (χ1n) is 12.0. The SMILES string of the molecule is COc1nc(Nc2cccc(CN3CCN(C=O)CC3)c2)nc(NC(Cc2ccc(C#N)cc2)C(=O)O)n1. The van der Waals surface area contributed by atoms with E-state index in [9.17, 15) is 14.7 Å². The van der Waals surface area contributed by atoms with Crippen LogP contribution in [0.15, 0.2) is 48.5 Å². The number of benzene rings is 2. The molecule has 196 valence electrons. The number of carboxylic acids is 1. The van der Waals surface area contributed by atoms with E-state index in [4.69, 9.17) is 10.00 Å². The summed E-state index contributed by atoms with van der Waals surface area (Å²) in [5, 5.41) is 24.7. The van der Waals surface area contributed by atoms with E-state index in [0.29, 0.717) is 18.7 Å². The number of hydrogen-bond acceptors (Lipinski definition) is 10. The van der Waals surface area contributed by atoms with Crippen LogP contribution in [0.1, 0.15) is 16.7 Å². The number of piperazine rings is 1. The molecule has 1 aliphatic rings. The normalized spacial score (nSPS) is 14.3. The van der Waals surface area contributed by atoms with Gasteiger partial charge in [0.05, 0.1) is 18.7 Å². The third kappa shape index (κ3) is 7.14. The van der Waals surface area contributed by atoms with Gasteiger partial charge in [-0.3, -0.25) is 9.69 Å². The first-order valence-corrected chi connectivity index (χ1v) is 12.0. The van der Waals surface area contributed by atoms with Crippen molar-refractivity contribution in [2.24, 2.45) is 0 Å². The van der Waals surface area contributed by atoms with Crippen LogP contribution in [0.4, 0.5) is 17.6 Å². The molecule has 12 heteroatoms. The molecule has 1 amide bonds. The number of anilines is 3. The van der Waals surface area contributed by atoms with Crippen LogP contribution in [-0.4, -0.2) is 81.6 Å². The average Bonchev–Trinajstić information content (AvgIpc) is 2.93. The van der Waals surface area contributed by atoms with Gasteiger partial charge >= 0.3 is 12.0 Å². The monoisotopic (exact) mass is 516 g/mol. The highest BCUT2D eigenvalue weighted by Gasteiger charge is 2.21. The van der Waals surface area contributed by atoms with Gasteiger partial charge in [-0.2, -0.15) is 20.2 Å². The smallest absolute Gasteiger partial charge is 0.326 e. The molecule has 0 aliphatic carbocycles. The lowest BCUT2D eigenvalue weighted by molar-refractivity contribution is -0.137. The van der Waals surface area contributed by atoms with Crippen LogP contribution in [0.3, 0.4) is 0 Å². The van der Waals surface area contributed by atoms with Gasteiger partial charge in [-0.05, 0) is 35.4 Å². The molecule has 0 spiro atoms. The molecule has 1 unspecified atom stereocenters. The van der Waals surface area contributed by atoms with Gasteiger partial charge in [-0.15, -0.1) is 0 Å². The summed E-state index contributed by atoms with van der Waals surface area (Å²) in [6, 6.07) is 15.6. The zero-order chi connectivity index (χ0) is 26.9. The third-order valence-corrected chi connectivity index (χ3v) is 6.07. The maximum absolute atomic E-state index is 11.9. The Morgan fingerprint density at radius 2 is 1.84 bits per heavy atom. The second kappa shape index (κ2) is 12.5. The van der Waals surface area contributed by atoms with E-state index >= 15 is 0 Å². The van der Waals surface area contributed by atoms with Crippen molar-refractivity contribution in [3.05, 3.63) is 65.2 Å². The number of hydrogen-bond donors (Lipinski definition) is 3. The molecular weight excluding hydrogens is 488 g/mol. The summed E-state index contributed by atoms with van der Waals surface area (Å²) in [7, 11) is 1.42. The lowest BCUT2D eigenvalue weighted by Gasteiger charge is -2.32. The van der Waals surface area contributed by atoms with E-state index in [1.807, 2.05) is 30.3 Å². The Kier molecular flexibility index (Phi) is 8.63. The van der Waals surface area contributed by atoms with Gasteiger partial charge < -0.3 is 25.4 Å². The number of aromatic nitrogens is 3. The fourth-order valence-corrected chi connectivity index (χ4v) is 4.04. The quantitative estimate of drug-likeness (QED) is 0.320. The Hall–Kier alpha value is -4.76. The number of nitrogens with one attached hydrogen (secondary N) is 2. The van der Waals surface area contributed by atoms with Crippen molar-refractivity contribution in [2.75, 3.05) is 43.9 Å². The minimum Gasteiger partial charge on any atom is -0.480 e. The van der Waals surface area contributed by atoms with Gasteiger partial charge in [-0.25, -0.2) is 4.79 Å². The maximum Gasteiger partial charge on any atom is 0.326 e. The summed E-state index contributed by atoms with van der Waals surface area (Å²) in [5.74, 6) is -0.840. The predicted molar refractivity (Wildman–Crippen MR) is 139 cm³/mol. The van der Waals surface area contributed by atoms with Crippen LogP contribution in [0.2, 0.25) is 0 Å². The maximum atomic E-state index is 11.9. The molecule has 1 fully saturated rings. The van der Waals surface area contributed by atoms with Crippen LogP contribution < -0.4 is 15.4 Å². The van der Waals surface area contributed by atoms with E-state index < -0.39 is 12.0 Å². The molecular formula is C26H28N8O4. The van der Waals surface area contributed by atoms with Gasteiger partial charge in [0.15, 0.2) is 0 Å². The number of methoxy groups -OCH3 is 1. The van der Waals surface area contributed by atoms with Crippen molar-refractivity contribution in [1.29, 1.82) is 5.26 Å². The van der Waals surface area contributed by atoms with Gasteiger partial charge in [0.25, 0.3) is 0 Å². The number of aliphatic carboxylic acids is 1. The fourth-order valence-electron chi connectivity index (χ4n) is 4.04. The third-order valence-electron chi connectivity index (χ3n) is 6.07. The Bertz CT molecular complexity index is 1300. The molecule has 1 aliphatic heterocycles. The van der Waals surface area contributed by atoms with Gasteiger partial charge in [0.2, 0.25) is 18.3 Å². The minimum absolute atomic E-state index is 0.0247. The lowest BCUT2D eigenvalue weighted by atomic mass is 10.0. The van der Waals surface area contributed by atoms with E-state index in [0.717, 1.165) is 42.9 Å². The number of nitriles is 1. The molecule has 38 heavy (non-hydrogen) atoms. The summed E-state index contributed by atoms with van der Waals surface area (Å²) in [5.41, 5.74) is 3.08. The van der Waals surface area contributed by atoms with Crippen LogP contribution in [0, 0.1) is 11.3 Å². The Balaban J connectivity index is 1.45.